The molecule has 17 heavy (non-hydrogen) atoms. The summed E-state index contributed by atoms with van der Waals surface area (Å²) in [7, 11) is 0. The normalized spacial score (nSPS) is 10.0. The fourth-order valence-electron chi connectivity index (χ4n) is 1.63. The van der Waals surface area contributed by atoms with E-state index in [-0.39, 0.29) is 5.91 Å². The zero-order valence-electron chi connectivity index (χ0n) is 10.2. The van der Waals surface area contributed by atoms with E-state index in [1.54, 1.807) is 0 Å². The molecule has 3 nitrogen and oxygen atoms in total. The maximum atomic E-state index is 11.8. The molecule has 0 spiro atoms. The van der Waals surface area contributed by atoms with Crippen molar-refractivity contribution >= 4 is 23.1 Å². The third kappa shape index (κ3) is 4.53. The van der Waals surface area contributed by atoms with Gasteiger partial charge in [0, 0.05) is 12.1 Å². The highest BCUT2D eigenvalue weighted by molar-refractivity contribution is 7.80. The number of hydrogen-bond acceptors (Lipinski definition) is 2. The van der Waals surface area contributed by atoms with Crippen LogP contribution in [0.1, 0.15) is 34.3 Å². The van der Waals surface area contributed by atoms with Crippen LogP contribution in [0.25, 0.3) is 0 Å². The molecule has 0 aliphatic heterocycles. The molecule has 0 aromatic heterocycles. The molecule has 0 radical (unpaired) electrons. The van der Waals surface area contributed by atoms with Gasteiger partial charge in [0.25, 0.3) is 5.91 Å². The lowest BCUT2D eigenvalue weighted by Crippen LogP contribution is -2.26. The van der Waals surface area contributed by atoms with Crippen LogP contribution in [0, 0.1) is 13.8 Å². The van der Waals surface area contributed by atoms with Crippen molar-refractivity contribution < 1.29 is 4.79 Å². The van der Waals surface area contributed by atoms with Gasteiger partial charge in [-0.1, -0.05) is 29.9 Å². The van der Waals surface area contributed by atoms with E-state index in [9.17, 15) is 4.79 Å². The molecule has 0 aliphatic carbocycles. The molecule has 0 bridgehead atoms. The van der Waals surface area contributed by atoms with E-state index in [0.29, 0.717) is 18.0 Å². The molecule has 3 N–H and O–H groups in total. The van der Waals surface area contributed by atoms with Crippen LogP contribution in [0.5, 0.6) is 0 Å². The van der Waals surface area contributed by atoms with Crippen molar-refractivity contribution in [3.8, 4) is 0 Å². The molecule has 92 valence electrons. The minimum absolute atomic E-state index is 0.0366. The average Bonchev–Trinajstić information content (AvgIpc) is 2.23. The summed E-state index contributed by atoms with van der Waals surface area (Å²) in [6.07, 6.45) is 1.45. The molecule has 1 rings (SSSR count). The molecule has 0 saturated carbocycles. The van der Waals surface area contributed by atoms with Crippen LogP contribution >= 0.6 is 12.2 Å². The van der Waals surface area contributed by atoms with E-state index >= 15 is 0 Å². The van der Waals surface area contributed by atoms with Crippen LogP contribution in [0.3, 0.4) is 0 Å². The number of benzene rings is 1. The third-order valence-corrected chi connectivity index (χ3v) is 2.72. The summed E-state index contributed by atoms with van der Waals surface area (Å²) >= 11 is 4.77. The summed E-state index contributed by atoms with van der Waals surface area (Å²) in [6, 6.07) is 5.80. The molecule has 4 heteroatoms. The van der Waals surface area contributed by atoms with Crippen molar-refractivity contribution in [3.05, 3.63) is 34.9 Å². The minimum atomic E-state index is -0.0366. The number of nitrogens with one attached hydrogen (secondary N) is 1. The second kappa shape index (κ2) is 6.35. The van der Waals surface area contributed by atoms with Crippen molar-refractivity contribution in [3.63, 3.8) is 0 Å². The summed E-state index contributed by atoms with van der Waals surface area (Å²) in [4.78, 5) is 12.3. The zero-order chi connectivity index (χ0) is 12.8. The van der Waals surface area contributed by atoms with Crippen molar-refractivity contribution in [2.45, 2.75) is 26.7 Å². The number of nitrogens with two attached hydrogens (primary N) is 1. The highest BCUT2D eigenvalue weighted by Crippen LogP contribution is 2.10. The van der Waals surface area contributed by atoms with Gasteiger partial charge in [0.1, 0.15) is 0 Å². The smallest absolute Gasteiger partial charge is 0.251 e. The van der Waals surface area contributed by atoms with E-state index in [1.165, 1.54) is 0 Å². The fourth-order valence-corrected chi connectivity index (χ4v) is 1.77. The van der Waals surface area contributed by atoms with Crippen molar-refractivity contribution in [1.29, 1.82) is 0 Å². The Labute approximate surface area is 107 Å². The first-order valence-electron chi connectivity index (χ1n) is 5.64. The Balaban J connectivity index is 2.50. The third-order valence-electron chi connectivity index (χ3n) is 2.51. The first kappa shape index (κ1) is 13.6. The highest BCUT2D eigenvalue weighted by atomic mass is 32.1. The molecular formula is C13H18N2OS. The SMILES string of the molecule is Cc1ccc(C(=O)NCCCC(N)=S)c(C)c1. The van der Waals surface area contributed by atoms with Gasteiger partial charge >= 0.3 is 0 Å². The van der Waals surface area contributed by atoms with Crippen LogP contribution in [-0.4, -0.2) is 17.4 Å². The Hall–Kier alpha value is -1.42. The minimum Gasteiger partial charge on any atom is -0.393 e. The van der Waals surface area contributed by atoms with Gasteiger partial charge in [-0.05, 0) is 38.3 Å². The molecule has 1 amide bonds. The molecule has 0 unspecified atom stereocenters. The lowest BCUT2D eigenvalue weighted by atomic mass is 10.1. The molecule has 0 atom stereocenters. The number of carbonyl (C=O) groups is 1. The average molecular weight is 250 g/mol. The van der Waals surface area contributed by atoms with Crippen LogP contribution < -0.4 is 11.1 Å². The number of thiocarbonyl (C=S) groups is 1. The topological polar surface area (TPSA) is 55.1 Å². The summed E-state index contributed by atoms with van der Waals surface area (Å²) in [5.41, 5.74) is 8.26. The Morgan fingerprint density at radius 1 is 1.41 bits per heavy atom. The Bertz CT molecular complexity index is 429. The zero-order valence-corrected chi connectivity index (χ0v) is 11.1. The molecule has 1 aromatic rings. The summed E-state index contributed by atoms with van der Waals surface area (Å²) < 4.78 is 0. The fraction of sp³-hybridized carbons (Fsp3) is 0.385. The van der Waals surface area contributed by atoms with Gasteiger partial charge in [0.05, 0.1) is 4.99 Å². The Kier molecular flexibility index (Phi) is 5.10. The van der Waals surface area contributed by atoms with Gasteiger partial charge in [-0.15, -0.1) is 0 Å². The van der Waals surface area contributed by atoms with Crippen molar-refractivity contribution in [2.75, 3.05) is 6.54 Å². The number of rotatable bonds is 5. The summed E-state index contributed by atoms with van der Waals surface area (Å²) in [5.74, 6) is -0.0366. The maximum Gasteiger partial charge on any atom is 0.251 e. The number of hydrogen-bond donors (Lipinski definition) is 2. The molecule has 0 heterocycles. The predicted octanol–water partition coefficient (Wildman–Crippen LogP) is 2.10. The van der Waals surface area contributed by atoms with Gasteiger partial charge < -0.3 is 11.1 Å². The van der Waals surface area contributed by atoms with Crippen molar-refractivity contribution in [2.24, 2.45) is 5.73 Å². The standard InChI is InChI=1S/C13H18N2OS/c1-9-5-6-11(10(2)8-9)13(16)15-7-3-4-12(14)17/h5-6,8H,3-4,7H2,1-2H3,(H2,14,17)(H,15,16). The molecule has 1 aromatic carbocycles. The molecule has 0 aliphatic rings. The van der Waals surface area contributed by atoms with E-state index in [4.69, 9.17) is 18.0 Å². The van der Waals surface area contributed by atoms with Gasteiger partial charge in [0.15, 0.2) is 0 Å². The van der Waals surface area contributed by atoms with E-state index in [2.05, 4.69) is 5.32 Å². The second-order valence-electron chi connectivity index (χ2n) is 4.14. The lowest BCUT2D eigenvalue weighted by molar-refractivity contribution is 0.0953. The van der Waals surface area contributed by atoms with Gasteiger partial charge in [-0.3, -0.25) is 4.79 Å². The first-order valence-corrected chi connectivity index (χ1v) is 6.05. The van der Waals surface area contributed by atoms with E-state index in [1.807, 2.05) is 32.0 Å². The number of carbonyl (C=O) groups excluding carboxylic acids is 1. The molecule has 0 fully saturated rings. The van der Waals surface area contributed by atoms with Crippen LogP contribution in [0.2, 0.25) is 0 Å². The van der Waals surface area contributed by atoms with E-state index in [0.717, 1.165) is 23.1 Å². The Morgan fingerprint density at radius 2 is 2.12 bits per heavy atom. The molecular weight excluding hydrogens is 232 g/mol. The first-order chi connectivity index (χ1) is 8.00. The number of amides is 1. The quantitative estimate of drug-likeness (QED) is 0.621. The van der Waals surface area contributed by atoms with Crippen LogP contribution in [0.4, 0.5) is 0 Å². The highest BCUT2D eigenvalue weighted by Gasteiger charge is 2.07. The Morgan fingerprint density at radius 3 is 2.71 bits per heavy atom. The van der Waals surface area contributed by atoms with Crippen LogP contribution in [-0.2, 0) is 0 Å². The molecule has 0 saturated heterocycles. The lowest BCUT2D eigenvalue weighted by Gasteiger charge is -2.08. The van der Waals surface area contributed by atoms with Crippen molar-refractivity contribution in [1.82, 2.24) is 5.32 Å². The predicted molar refractivity (Wildman–Crippen MR) is 74.3 cm³/mol. The summed E-state index contributed by atoms with van der Waals surface area (Å²) in [5, 5.41) is 2.86. The van der Waals surface area contributed by atoms with Gasteiger partial charge in [-0.2, -0.15) is 0 Å². The van der Waals surface area contributed by atoms with E-state index < -0.39 is 0 Å². The number of aryl methyl sites for hydroxylation is 2. The summed E-state index contributed by atoms with van der Waals surface area (Å²) in [6.45, 7) is 4.55. The maximum absolute atomic E-state index is 11.8. The van der Waals surface area contributed by atoms with Crippen LogP contribution in [0.15, 0.2) is 18.2 Å². The van der Waals surface area contributed by atoms with Gasteiger partial charge in [-0.25, -0.2) is 0 Å². The van der Waals surface area contributed by atoms with Gasteiger partial charge in [0.2, 0.25) is 0 Å². The second-order valence-corrected chi connectivity index (χ2v) is 4.67. The monoisotopic (exact) mass is 250 g/mol. The largest absolute Gasteiger partial charge is 0.393 e.